The highest BCUT2D eigenvalue weighted by atomic mass is 16.1. The highest BCUT2D eigenvalue weighted by Crippen LogP contribution is 2.22. The summed E-state index contributed by atoms with van der Waals surface area (Å²) in [6.45, 7) is 5.83. The number of aryl methyl sites for hydroxylation is 3. The molecular weight excluding hydrogens is 350 g/mol. The van der Waals surface area contributed by atoms with Gasteiger partial charge in [-0.05, 0) is 55.7 Å². The number of nitrogens with zero attached hydrogens (tertiary/aromatic N) is 3. The average Bonchev–Trinajstić information content (AvgIpc) is 2.69. The molecule has 0 atom stereocenters. The fraction of sp³-hybridized carbons (Fsp3) is 0.182. The van der Waals surface area contributed by atoms with Crippen molar-refractivity contribution in [3.63, 3.8) is 0 Å². The van der Waals surface area contributed by atoms with E-state index in [1.165, 1.54) is 0 Å². The standard InChI is InChI=1S/C22H21N5O/c1-4-17-9-5-7-14(2)20(17)27-21(28)19-11-15(3)24-22(26-19)25-18-10-6-8-16(12-18)13-23/h5-12H,4H2,1-3H3,(H,27,28)(H,24,25,26). The van der Waals surface area contributed by atoms with Crippen LogP contribution in [0.2, 0.25) is 0 Å². The fourth-order valence-electron chi connectivity index (χ4n) is 2.92. The molecule has 2 aromatic carbocycles. The van der Waals surface area contributed by atoms with Crippen molar-refractivity contribution < 1.29 is 4.79 Å². The van der Waals surface area contributed by atoms with E-state index in [1.54, 1.807) is 31.2 Å². The van der Waals surface area contributed by atoms with Crippen molar-refractivity contribution in [2.75, 3.05) is 10.6 Å². The molecule has 0 aliphatic carbocycles. The van der Waals surface area contributed by atoms with Gasteiger partial charge in [0, 0.05) is 17.1 Å². The van der Waals surface area contributed by atoms with Gasteiger partial charge in [0.25, 0.3) is 5.91 Å². The first-order valence-corrected chi connectivity index (χ1v) is 9.03. The smallest absolute Gasteiger partial charge is 0.274 e. The number of para-hydroxylation sites is 1. The Hall–Kier alpha value is -3.72. The van der Waals surface area contributed by atoms with E-state index in [-0.39, 0.29) is 11.6 Å². The van der Waals surface area contributed by atoms with Crippen LogP contribution >= 0.6 is 0 Å². The molecule has 1 heterocycles. The molecule has 3 aromatic rings. The predicted octanol–water partition coefficient (Wildman–Crippen LogP) is 4.52. The Balaban J connectivity index is 1.87. The van der Waals surface area contributed by atoms with E-state index < -0.39 is 0 Å². The van der Waals surface area contributed by atoms with Gasteiger partial charge in [0.05, 0.1) is 11.6 Å². The molecule has 0 saturated heterocycles. The third-order valence-corrected chi connectivity index (χ3v) is 4.31. The monoisotopic (exact) mass is 371 g/mol. The number of carbonyl (C=O) groups excluding carboxylic acids is 1. The highest BCUT2D eigenvalue weighted by Gasteiger charge is 2.14. The molecular formula is C22H21N5O. The molecule has 6 nitrogen and oxygen atoms in total. The summed E-state index contributed by atoms with van der Waals surface area (Å²) in [5.41, 5.74) is 5.06. The highest BCUT2D eigenvalue weighted by molar-refractivity contribution is 6.04. The summed E-state index contributed by atoms with van der Waals surface area (Å²) in [6.07, 6.45) is 0.822. The molecule has 0 radical (unpaired) electrons. The van der Waals surface area contributed by atoms with Gasteiger partial charge in [-0.3, -0.25) is 4.79 Å². The summed E-state index contributed by atoms with van der Waals surface area (Å²) in [5.74, 6) is 0.0177. The minimum absolute atomic E-state index is 0.275. The Labute approximate surface area is 164 Å². The van der Waals surface area contributed by atoms with E-state index in [1.807, 2.05) is 31.2 Å². The number of amides is 1. The minimum Gasteiger partial charge on any atom is -0.324 e. The van der Waals surface area contributed by atoms with Crippen molar-refractivity contribution in [3.8, 4) is 6.07 Å². The van der Waals surface area contributed by atoms with Crippen LogP contribution in [0.1, 0.15) is 39.8 Å². The molecule has 0 aliphatic rings. The second-order valence-electron chi connectivity index (χ2n) is 6.45. The summed E-state index contributed by atoms with van der Waals surface area (Å²) in [4.78, 5) is 21.5. The molecule has 140 valence electrons. The lowest BCUT2D eigenvalue weighted by molar-refractivity contribution is 0.102. The third kappa shape index (κ3) is 4.33. The van der Waals surface area contributed by atoms with Crippen LogP contribution < -0.4 is 10.6 Å². The van der Waals surface area contributed by atoms with Crippen LogP contribution in [-0.4, -0.2) is 15.9 Å². The second kappa shape index (κ2) is 8.31. The molecule has 2 N–H and O–H groups in total. The van der Waals surface area contributed by atoms with Crippen molar-refractivity contribution in [1.29, 1.82) is 5.26 Å². The van der Waals surface area contributed by atoms with Gasteiger partial charge in [0.2, 0.25) is 5.95 Å². The summed E-state index contributed by atoms with van der Waals surface area (Å²) in [5, 5.41) is 15.1. The Bertz CT molecular complexity index is 1070. The summed E-state index contributed by atoms with van der Waals surface area (Å²) in [7, 11) is 0. The SMILES string of the molecule is CCc1cccc(C)c1NC(=O)c1cc(C)nc(Nc2cccc(C#N)c2)n1. The minimum atomic E-state index is -0.289. The Morgan fingerprint density at radius 1 is 1.11 bits per heavy atom. The zero-order chi connectivity index (χ0) is 20.1. The first-order valence-electron chi connectivity index (χ1n) is 9.03. The van der Waals surface area contributed by atoms with Crippen molar-refractivity contribution >= 4 is 23.2 Å². The van der Waals surface area contributed by atoms with Crippen molar-refractivity contribution in [2.24, 2.45) is 0 Å². The van der Waals surface area contributed by atoms with E-state index in [9.17, 15) is 4.79 Å². The van der Waals surface area contributed by atoms with Gasteiger partial charge in [-0.25, -0.2) is 9.97 Å². The van der Waals surface area contributed by atoms with Crippen molar-refractivity contribution in [1.82, 2.24) is 9.97 Å². The molecule has 0 saturated carbocycles. The Kier molecular flexibility index (Phi) is 5.66. The molecule has 1 amide bonds. The number of hydrogen-bond donors (Lipinski definition) is 2. The molecule has 6 heteroatoms. The second-order valence-corrected chi connectivity index (χ2v) is 6.45. The van der Waals surface area contributed by atoms with Crippen molar-refractivity contribution in [2.45, 2.75) is 27.2 Å². The number of benzene rings is 2. The van der Waals surface area contributed by atoms with Gasteiger partial charge in [0.1, 0.15) is 5.69 Å². The lowest BCUT2D eigenvalue weighted by Crippen LogP contribution is -2.17. The van der Waals surface area contributed by atoms with Gasteiger partial charge < -0.3 is 10.6 Å². The molecule has 0 spiro atoms. The van der Waals surface area contributed by atoms with E-state index >= 15 is 0 Å². The number of carbonyl (C=O) groups is 1. The van der Waals surface area contributed by atoms with Crippen LogP contribution in [-0.2, 0) is 6.42 Å². The molecule has 0 unspecified atom stereocenters. The van der Waals surface area contributed by atoms with Gasteiger partial charge in [-0.2, -0.15) is 5.26 Å². The van der Waals surface area contributed by atoms with Gasteiger partial charge >= 0.3 is 0 Å². The maximum absolute atomic E-state index is 12.8. The van der Waals surface area contributed by atoms with Crippen LogP contribution in [0.25, 0.3) is 0 Å². The summed E-state index contributed by atoms with van der Waals surface area (Å²) >= 11 is 0. The number of aromatic nitrogens is 2. The van der Waals surface area contributed by atoms with Crippen LogP contribution in [0.15, 0.2) is 48.5 Å². The number of nitriles is 1. The van der Waals surface area contributed by atoms with Gasteiger partial charge in [-0.1, -0.05) is 31.2 Å². The molecule has 0 aliphatic heterocycles. The number of anilines is 3. The lowest BCUT2D eigenvalue weighted by atomic mass is 10.1. The van der Waals surface area contributed by atoms with Crippen LogP contribution in [0.4, 0.5) is 17.3 Å². The summed E-state index contributed by atoms with van der Waals surface area (Å²) in [6, 6.07) is 16.7. The summed E-state index contributed by atoms with van der Waals surface area (Å²) < 4.78 is 0. The van der Waals surface area contributed by atoms with E-state index in [0.29, 0.717) is 22.9 Å². The Morgan fingerprint density at radius 3 is 2.64 bits per heavy atom. The van der Waals surface area contributed by atoms with Crippen LogP contribution in [0.3, 0.4) is 0 Å². The predicted molar refractivity (Wildman–Crippen MR) is 110 cm³/mol. The first-order chi connectivity index (χ1) is 13.5. The zero-order valence-electron chi connectivity index (χ0n) is 16.1. The maximum atomic E-state index is 12.8. The normalized spacial score (nSPS) is 10.2. The number of rotatable bonds is 5. The van der Waals surface area contributed by atoms with Crippen LogP contribution in [0, 0.1) is 25.2 Å². The molecule has 0 fully saturated rings. The number of hydrogen-bond acceptors (Lipinski definition) is 5. The molecule has 28 heavy (non-hydrogen) atoms. The van der Waals surface area contributed by atoms with Gasteiger partial charge in [0.15, 0.2) is 0 Å². The maximum Gasteiger partial charge on any atom is 0.274 e. The molecule has 1 aromatic heterocycles. The lowest BCUT2D eigenvalue weighted by Gasteiger charge is -2.13. The zero-order valence-corrected chi connectivity index (χ0v) is 16.1. The average molecular weight is 371 g/mol. The van der Waals surface area contributed by atoms with E-state index in [4.69, 9.17) is 5.26 Å². The van der Waals surface area contributed by atoms with Crippen molar-refractivity contribution in [3.05, 3.63) is 76.6 Å². The van der Waals surface area contributed by atoms with Gasteiger partial charge in [-0.15, -0.1) is 0 Å². The topological polar surface area (TPSA) is 90.7 Å². The largest absolute Gasteiger partial charge is 0.324 e. The van der Waals surface area contributed by atoms with E-state index in [0.717, 1.165) is 23.2 Å². The number of nitrogens with one attached hydrogen (secondary N) is 2. The first kappa shape index (κ1) is 19.1. The quantitative estimate of drug-likeness (QED) is 0.688. The third-order valence-electron chi connectivity index (χ3n) is 4.31. The fourth-order valence-corrected chi connectivity index (χ4v) is 2.92. The van der Waals surface area contributed by atoms with E-state index in [2.05, 4.69) is 33.6 Å². The van der Waals surface area contributed by atoms with Crippen LogP contribution in [0.5, 0.6) is 0 Å². The molecule has 0 bridgehead atoms. The Morgan fingerprint density at radius 2 is 1.89 bits per heavy atom. The molecule has 3 rings (SSSR count).